The second kappa shape index (κ2) is 11.0. The minimum atomic E-state index is -0.860. The van der Waals surface area contributed by atoms with E-state index >= 15 is 0 Å². The lowest BCUT2D eigenvalue weighted by atomic mass is 9.99. The number of methoxy groups -OCH3 is 1. The van der Waals surface area contributed by atoms with Crippen LogP contribution in [0.4, 0.5) is 0 Å². The van der Waals surface area contributed by atoms with Gasteiger partial charge in [-0.25, -0.2) is 0 Å². The average molecular weight is 450 g/mol. The molecule has 1 aliphatic heterocycles. The Morgan fingerprint density at radius 3 is 2.87 bits per heavy atom. The number of nitrogens with one attached hydrogen (secondary N) is 2. The molecule has 1 aliphatic rings. The van der Waals surface area contributed by atoms with Crippen molar-refractivity contribution < 1.29 is 19.1 Å². The number of benzene rings is 1. The Bertz CT molecular complexity index is 890. The molecule has 3 rings (SSSR count). The van der Waals surface area contributed by atoms with Crippen LogP contribution < -0.4 is 10.6 Å². The quantitative estimate of drug-likeness (QED) is 0.569. The molecule has 7 nitrogen and oxygen atoms in total. The van der Waals surface area contributed by atoms with Crippen LogP contribution in [0, 0.1) is 0 Å². The Morgan fingerprint density at radius 2 is 2.17 bits per heavy atom. The third kappa shape index (κ3) is 5.46. The van der Waals surface area contributed by atoms with Gasteiger partial charge in [0.25, 0.3) is 0 Å². The van der Waals surface area contributed by atoms with E-state index in [1.807, 2.05) is 37.4 Å². The largest absolute Gasteiger partial charge is 0.383 e. The zero-order chi connectivity index (χ0) is 21.5. The number of nitrogens with zero attached hydrogens (tertiary/aromatic N) is 1. The van der Waals surface area contributed by atoms with Gasteiger partial charge in [-0.2, -0.15) is 0 Å². The summed E-state index contributed by atoms with van der Waals surface area (Å²) in [5.74, 6) is -0.562. The number of carbonyl (C=O) groups excluding carboxylic acids is 2. The first-order valence-corrected chi connectivity index (χ1v) is 12.4. The molecule has 2 heterocycles. The predicted octanol–water partition coefficient (Wildman–Crippen LogP) is 3.09. The van der Waals surface area contributed by atoms with E-state index in [-0.39, 0.29) is 17.9 Å². The Balaban J connectivity index is 1.97. The van der Waals surface area contributed by atoms with Crippen molar-refractivity contribution in [2.75, 3.05) is 26.6 Å². The van der Waals surface area contributed by atoms with E-state index in [2.05, 4.69) is 15.6 Å². The van der Waals surface area contributed by atoms with E-state index < -0.39 is 12.1 Å². The standard InChI is InChI=1S/C21H27N3O4S2/c1-13(12-27-2)23-21(26)19(24-20(25)16-7-5-11-28-16)15-8-9-17(30-29-3)18-14(15)6-4-10-22-18/h4,6,8-10,13,16,19H,5,7,11-12H2,1-3H3,(H,23,26)(H,24,25). The lowest BCUT2D eigenvalue weighted by molar-refractivity contribution is -0.135. The normalized spacial score (nSPS) is 18.2. The summed E-state index contributed by atoms with van der Waals surface area (Å²) in [5.41, 5.74) is 1.51. The fourth-order valence-electron chi connectivity index (χ4n) is 3.50. The van der Waals surface area contributed by atoms with Crippen LogP contribution in [-0.4, -0.2) is 55.5 Å². The summed E-state index contributed by atoms with van der Waals surface area (Å²) >= 11 is 0. The van der Waals surface area contributed by atoms with Crippen LogP contribution in [0.2, 0.25) is 0 Å². The number of fused-ring (bicyclic) bond motifs is 1. The fourth-order valence-corrected chi connectivity index (χ4v) is 4.99. The molecule has 0 saturated carbocycles. The van der Waals surface area contributed by atoms with E-state index in [0.717, 1.165) is 22.2 Å². The highest BCUT2D eigenvalue weighted by Gasteiger charge is 2.31. The SMILES string of the molecule is COCC(C)NC(=O)C(NC(=O)C1CCCO1)c1ccc(SSC)c2ncccc12. The van der Waals surface area contributed by atoms with Crippen molar-refractivity contribution in [3.8, 4) is 0 Å². The molecule has 162 valence electrons. The average Bonchev–Trinajstić information content (AvgIpc) is 3.28. The Hall–Kier alpha value is -1.81. The summed E-state index contributed by atoms with van der Waals surface area (Å²) in [7, 11) is 4.83. The number of amides is 2. The number of aromatic nitrogens is 1. The lowest BCUT2D eigenvalue weighted by Gasteiger charge is -2.24. The first-order chi connectivity index (χ1) is 14.5. The molecule has 3 atom stereocenters. The van der Waals surface area contributed by atoms with Crippen molar-refractivity contribution in [1.29, 1.82) is 0 Å². The van der Waals surface area contributed by atoms with Gasteiger partial charge in [-0.3, -0.25) is 14.6 Å². The number of hydrogen-bond donors (Lipinski definition) is 2. The summed E-state index contributed by atoms with van der Waals surface area (Å²) < 4.78 is 10.6. The number of ether oxygens (including phenoxy) is 2. The van der Waals surface area contributed by atoms with Crippen LogP contribution in [0.3, 0.4) is 0 Å². The third-order valence-electron chi connectivity index (χ3n) is 4.83. The van der Waals surface area contributed by atoms with Gasteiger partial charge < -0.3 is 20.1 Å². The molecule has 2 N–H and O–H groups in total. The molecular weight excluding hydrogens is 422 g/mol. The highest BCUT2D eigenvalue weighted by molar-refractivity contribution is 8.76. The molecule has 30 heavy (non-hydrogen) atoms. The molecule has 1 aromatic heterocycles. The monoisotopic (exact) mass is 449 g/mol. The molecule has 2 amide bonds. The summed E-state index contributed by atoms with van der Waals surface area (Å²) in [4.78, 5) is 31.5. The van der Waals surface area contributed by atoms with Gasteiger partial charge in [0, 0.05) is 36.2 Å². The van der Waals surface area contributed by atoms with Gasteiger partial charge in [0.1, 0.15) is 12.1 Å². The maximum absolute atomic E-state index is 13.2. The molecule has 0 aliphatic carbocycles. The van der Waals surface area contributed by atoms with Crippen molar-refractivity contribution in [1.82, 2.24) is 15.6 Å². The summed E-state index contributed by atoms with van der Waals surface area (Å²) in [6, 6.07) is 6.55. The third-order valence-corrected chi connectivity index (χ3v) is 6.54. The van der Waals surface area contributed by atoms with Crippen molar-refractivity contribution >= 4 is 44.3 Å². The van der Waals surface area contributed by atoms with E-state index in [1.165, 1.54) is 0 Å². The smallest absolute Gasteiger partial charge is 0.250 e. The van der Waals surface area contributed by atoms with Crippen molar-refractivity contribution in [2.45, 2.75) is 42.8 Å². The number of hydrogen-bond acceptors (Lipinski definition) is 7. The van der Waals surface area contributed by atoms with Crippen LogP contribution >= 0.6 is 21.6 Å². The second-order valence-corrected chi connectivity index (χ2v) is 9.55. The van der Waals surface area contributed by atoms with Gasteiger partial charge in [0.15, 0.2) is 0 Å². The maximum atomic E-state index is 13.2. The second-order valence-electron chi connectivity index (χ2n) is 7.11. The maximum Gasteiger partial charge on any atom is 0.250 e. The molecular formula is C21H27N3O4S2. The molecule has 1 aromatic carbocycles. The molecule has 1 fully saturated rings. The zero-order valence-electron chi connectivity index (χ0n) is 17.3. The summed E-state index contributed by atoms with van der Waals surface area (Å²) in [6.07, 6.45) is 4.71. The van der Waals surface area contributed by atoms with E-state index in [1.54, 1.807) is 34.9 Å². The van der Waals surface area contributed by atoms with Gasteiger partial charge in [0.05, 0.1) is 12.1 Å². The highest BCUT2D eigenvalue weighted by Crippen LogP contribution is 2.36. The van der Waals surface area contributed by atoms with Gasteiger partial charge >= 0.3 is 0 Å². The number of rotatable bonds is 9. The van der Waals surface area contributed by atoms with E-state index in [9.17, 15) is 9.59 Å². The van der Waals surface area contributed by atoms with Crippen LogP contribution in [-0.2, 0) is 19.1 Å². The first-order valence-electron chi connectivity index (χ1n) is 9.84. The van der Waals surface area contributed by atoms with Crippen LogP contribution in [0.25, 0.3) is 10.9 Å². The molecule has 9 heteroatoms. The molecule has 0 bridgehead atoms. The predicted molar refractivity (Wildman–Crippen MR) is 120 cm³/mol. The number of pyridine rings is 1. The zero-order valence-corrected chi connectivity index (χ0v) is 19.0. The minimum absolute atomic E-state index is 0.194. The molecule has 1 saturated heterocycles. The van der Waals surface area contributed by atoms with Gasteiger partial charge in [-0.1, -0.05) is 33.7 Å². The molecule has 0 spiro atoms. The van der Waals surface area contributed by atoms with Crippen molar-refractivity contribution in [2.24, 2.45) is 0 Å². The van der Waals surface area contributed by atoms with Gasteiger partial charge in [-0.05, 0) is 43.7 Å². The number of carbonyl (C=O) groups is 2. The van der Waals surface area contributed by atoms with Gasteiger partial charge in [-0.15, -0.1) is 0 Å². The first kappa shape index (κ1) is 22.9. The highest BCUT2D eigenvalue weighted by atomic mass is 33.1. The van der Waals surface area contributed by atoms with Gasteiger partial charge in [0.2, 0.25) is 11.8 Å². The van der Waals surface area contributed by atoms with Crippen molar-refractivity contribution in [3.63, 3.8) is 0 Å². The minimum Gasteiger partial charge on any atom is -0.383 e. The van der Waals surface area contributed by atoms with E-state index in [0.29, 0.717) is 25.2 Å². The molecule has 3 unspecified atom stereocenters. The Labute approximate surface area is 184 Å². The Morgan fingerprint density at radius 1 is 1.33 bits per heavy atom. The van der Waals surface area contributed by atoms with E-state index in [4.69, 9.17) is 9.47 Å². The summed E-state index contributed by atoms with van der Waals surface area (Å²) in [5, 5.41) is 6.68. The topological polar surface area (TPSA) is 89.6 Å². The molecule has 2 aromatic rings. The van der Waals surface area contributed by atoms with Crippen molar-refractivity contribution in [3.05, 3.63) is 36.0 Å². The van der Waals surface area contributed by atoms with Crippen LogP contribution in [0.15, 0.2) is 35.4 Å². The Kier molecular flexibility index (Phi) is 8.38. The fraction of sp³-hybridized carbons (Fsp3) is 0.476. The molecule has 0 radical (unpaired) electrons. The van der Waals surface area contributed by atoms with Crippen LogP contribution in [0.1, 0.15) is 31.4 Å². The summed E-state index contributed by atoms with van der Waals surface area (Å²) in [6.45, 7) is 2.80. The van der Waals surface area contributed by atoms with Crippen LogP contribution in [0.5, 0.6) is 0 Å². The lowest BCUT2D eigenvalue weighted by Crippen LogP contribution is -2.47.